The van der Waals surface area contributed by atoms with Crippen molar-refractivity contribution < 1.29 is 21.6 Å². The number of pyridine rings is 1. The van der Waals surface area contributed by atoms with Crippen LogP contribution in [-0.4, -0.2) is 33.0 Å². The number of rotatable bonds is 5. The molecular weight excluding hydrogens is 433 g/mol. The molecule has 0 radical (unpaired) electrons. The molecule has 1 N–H and O–H groups in total. The van der Waals surface area contributed by atoms with Gasteiger partial charge in [0, 0.05) is 18.6 Å². The first-order valence-corrected chi connectivity index (χ1v) is 10.6. The first-order chi connectivity index (χ1) is 14.6. The quantitative estimate of drug-likeness (QED) is 0.502. The van der Waals surface area contributed by atoms with Crippen LogP contribution in [0, 0.1) is 0 Å². The van der Waals surface area contributed by atoms with Crippen LogP contribution in [0.5, 0.6) is 0 Å². The van der Waals surface area contributed by atoms with E-state index in [1.54, 1.807) is 19.3 Å². The highest BCUT2D eigenvalue weighted by Crippen LogP contribution is 2.30. The molecule has 0 fully saturated rings. The highest BCUT2D eigenvalue weighted by atomic mass is 32.2. The Labute approximate surface area is 175 Å². The number of alkyl halides is 3. The topological polar surface area (TPSA) is 94.7 Å². The van der Waals surface area contributed by atoms with Crippen molar-refractivity contribution >= 4 is 26.6 Å². The predicted molar refractivity (Wildman–Crippen MR) is 107 cm³/mol. The van der Waals surface area contributed by atoms with Gasteiger partial charge in [-0.05, 0) is 24.1 Å². The smallest absolute Gasteiger partial charge is 0.278 e. The standard InChI is InChI=1S/C19H17F3N6O2S/c1-3-12-4-5-13-8-24-27(2)17(13)18(12)31(29,30)26-15-6-7-16(23-10-15)28-11-14(9-25-28)19(20,21)22/h4-11,26H,3H2,1-2H3. The van der Waals surface area contributed by atoms with E-state index in [2.05, 4.69) is 19.9 Å². The average Bonchev–Trinajstić information content (AvgIpc) is 3.35. The van der Waals surface area contributed by atoms with Crippen molar-refractivity contribution in [2.24, 2.45) is 7.05 Å². The number of aryl methyl sites for hydroxylation is 2. The van der Waals surface area contributed by atoms with Gasteiger partial charge in [-0.3, -0.25) is 9.40 Å². The number of hydrogen-bond acceptors (Lipinski definition) is 5. The Morgan fingerprint density at radius 3 is 2.45 bits per heavy atom. The lowest BCUT2D eigenvalue weighted by atomic mass is 10.1. The molecule has 0 saturated carbocycles. The Hall–Kier alpha value is -3.41. The third kappa shape index (κ3) is 3.85. The molecule has 0 aliphatic heterocycles. The number of aromatic nitrogens is 5. The van der Waals surface area contributed by atoms with Crippen LogP contribution < -0.4 is 4.72 Å². The van der Waals surface area contributed by atoms with E-state index in [1.165, 1.54) is 23.0 Å². The van der Waals surface area contributed by atoms with Crippen LogP contribution in [-0.2, 0) is 29.7 Å². The van der Waals surface area contributed by atoms with E-state index in [9.17, 15) is 21.6 Å². The minimum absolute atomic E-state index is 0.112. The molecule has 4 aromatic rings. The third-order valence-corrected chi connectivity index (χ3v) is 6.23. The van der Waals surface area contributed by atoms with Crippen LogP contribution >= 0.6 is 0 Å². The van der Waals surface area contributed by atoms with Gasteiger partial charge in [0.05, 0.1) is 35.4 Å². The Kier molecular flexibility index (Phi) is 4.96. The molecule has 31 heavy (non-hydrogen) atoms. The van der Waals surface area contributed by atoms with Gasteiger partial charge in [0.2, 0.25) is 0 Å². The van der Waals surface area contributed by atoms with E-state index in [1.807, 2.05) is 13.0 Å². The van der Waals surface area contributed by atoms with E-state index in [-0.39, 0.29) is 16.4 Å². The van der Waals surface area contributed by atoms with Gasteiger partial charge in [0.1, 0.15) is 4.90 Å². The van der Waals surface area contributed by atoms with Crippen molar-refractivity contribution in [1.82, 2.24) is 24.5 Å². The van der Waals surface area contributed by atoms with Crippen LogP contribution in [0.2, 0.25) is 0 Å². The molecule has 162 valence electrons. The first-order valence-electron chi connectivity index (χ1n) is 9.15. The van der Waals surface area contributed by atoms with Crippen LogP contribution in [0.3, 0.4) is 0 Å². The number of nitrogens with one attached hydrogen (secondary N) is 1. The second-order valence-corrected chi connectivity index (χ2v) is 8.41. The number of sulfonamides is 1. The van der Waals surface area contributed by atoms with Crippen LogP contribution in [0.1, 0.15) is 18.1 Å². The molecule has 0 amide bonds. The molecule has 4 rings (SSSR count). The highest BCUT2D eigenvalue weighted by molar-refractivity contribution is 7.93. The van der Waals surface area contributed by atoms with Crippen LogP contribution in [0.25, 0.3) is 16.7 Å². The molecule has 0 unspecified atom stereocenters. The van der Waals surface area contributed by atoms with Gasteiger partial charge in [0.25, 0.3) is 10.0 Å². The first kappa shape index (κ1) is 20.8. The van der Waals surface area contributed by atoms with Crippen molar-refractivity contribution in [3.05, 3.63) is 60.2 Å². The zero-order chi connectivity index (χ0) is 22.4. The maximum Gasteiger partial charge on any atom is 0.419 e. The molecule has 0 aliphatic carbocycles. The Morgan fingerprint density at radius 2 is 1.84 bits per heavy atom. The fourth-order valence-electron chi connectivity index (χ4n) is 3.23. The van der Waals surface area contributed by atoms with Gasteiger partial charge in [-0.15, -0.1) is 0 Å². The summed E-state index contributed by atoms with van der Waals surface area (Å²) in [6.45, 7) is 1.85. The number of anilines is 1. The second kappa shape index (κ2) is 7.38. The molecule has 0 atom stereocenters. The molecular formula is C19H17F3N6O2S. The number of halogens is 3. The summed E-state index contributed by atoms with van der Waals surface area (Å²) in [6.07, 6.45) is 0.287. The number of fused-ring (bicyclic) bond motifs is 1. The van der Waals surface area contributed by atoms with Crippen molar-refractivity contribution in [3.63, 3.8) is 0 Å². The summed E-state index contributed by atoms with van der Waals surface area (Å²) in [4.78, 5) is 4.15. The van der Waals surface area contributed by atoms with E-state index in [0.717, 1.165) is 10.9 Å². The Bertz CT molecular complexity index is 1360. The molecule has 3 heterocycles. The fourth-order valence-corrected chi connectivity index (χ4v) is 4.83. The zero-order valence-electron chi connectivity index (χ0n) is 16.4. The maximum absolute atomic E-state index is 13.2. The van der Waals surface area contributed by atoms with Gasteiger partial charge in [-0.2, -0.15) is 23.4 Å². The summed E-state index contributed by atoms with van der Waals surface area (Å²) < 4.78 is 69.6. The molecule has 0 aliphatic rings. The van der Waals surface area contributed by atoms with E-state index < -0.39 is 21.8 Å². The number of nitrogens with zero attached hydrogens (tertiary/aromatic N) is 5. The summed E-state index contributed by atoms with van der Waals surface area (Å²) in [5.41, 5.74) is 0.362. The third-order valence-electron chi connectivity index (χ3n) is 4.73. The lowest BCUT2D eigenvalue weighted by Crippen LogP contribution is -2.17. The van der Waals surface area contributed by atoms with E-state index in [4.69, 9.17) is 0 Å². The second-order valence-electron chi connectivity index (χ2n) is 6.80. The van der Waals surface area contributed by atoms with E-state index >= 15 is 0 Å². The summed E-state index contributed by atoms with van der Waals surface area (Å²) >= 11 is 0. The summed E-state index contributed by atoms with van der Waals surface area (Å²) in [5.74, 6) is 0.112. The predicted octanol–water partition coefficient (Wildman–Crippen LogP) is 3.54. The largest absolute Gasteiger partial charge is 0.419 e. The van der Waals surface area contributed by atoms with Crippen molar-refractivity contribution in [2.45, 2.75) is 24.4 Å². The van der Waals surface area contributed by atoms with Crippen molar-refractivity contribution in [1.29, 1.82) is 0 Å². The van der Waals surface area contributed by atoms with Crippen LogP contribution in [0.4, 0.5) is 18.9 Å². The molecule has 1 aromatic carbocycles. The highest BCUT2D eigenvalue weighted by Gasteiger charge is 2.32. The summed E-state index contributed by atoms with van der Waals surface area (Å²) in [6, 6.07) is 6.34. The normalized spacial score (nSPS) is 12.4. The number of hydrogen-bond donors (Lipinski definition) is 1. The Morgan fingerprint density at radius 1 is 1.06 bits per heavy atom. The monoisotopic (exact) mass is 450 g/mol. The summed E-state index contributed by atoms with van der Waals surface area (Å²) in [7, 11) is -2.33. The van der Waals surface area contributed by atoms with Gasteiger partial charge in [0.15, 0.2) is 5.82 Å². The summed E-state index contributed by atoms with van der Waals surface area (Å²) in [5, 5.41) is 8.48. The van der Waals surface area contributed by atoms with Gasteiger partial charge < -0.3 is 0 Å². The van der Waals surface area contributed by atoms with Gasteiger partial charge >= 0.3 is 6.18 Å². The molecule has 0 spiro atoms. The van der Waals surface area contributed by atoms with Gasteiger partial charge in [-0.1, -0.05) is 19.1 Å². The molecule has 3 aromatic heterocycles. The Balaban J connectivity index is 1.66. The van der Waals surface area contributed by atoms with Gasteiger partial charge in [-0.25, -0.2) is 18.1 Å². The number of benzene rings is 1. The molecule has 0 bridgehead atoms. The fraction of sp³-hybridized carbons (Fsp3) is 0.211. The lowest BCUT2D eigenvalue weighted by Gasteiger charge is -2.13. The zero-order valence-corrected chi connectivity index (χ0v) is 17.2. The van der Waals surface area contributed by atoms with Crippen LogP contribution in [0.15, 0.2) is 53.9 Å². The van der Waals surface area contributed by atoms with E-state index in [0.29, 0.717) is 29.1 Å². The molecule has 8 nitrogen and oxygen atoms in total. The van der Waals surface area contributed by atoms with Crippen molar-refractivity contribution in [2.75, 3.05) is 4.72 Å². The minimum atomic E-state index is -4.52. The SMILES string of the molecule is CCc1ccc2cnn(C)c2c1S(=O)(=O)Nc1ccc(-n2cc(C(F)(F)F)cn2)nc1. The average molecular weight is 450 g/mol. The minimum Gasteiger partial charge on any atom is -0.278 e. The lowest BCUT2D eigenvalue weighted by molar-refractivity contribution is -0.137. The molecule has 0 saturated heterocycles. The molecule has 12 heteroatoms. The maximum atomic E-state index is 13.2. The van der Waals surface area contributed by atoms with Crippen molar-refractivity contribution in [3.8, 4) is 5.82 Å².